The Morgan fingerprint density at radius 1 is 1.36 bits per heavy atom. The fraction of sp³-hybridized carbons (Fsp3) is 0.375. The monoisotopic (exact) mass is 338 g/mol. The zero-order chi connectivity index (χ0) is 15.9. The van der Waals surface area contributed by atoms with Crippen LogP contribution in [0.4, 0.5) is 4.79 Å². The van der Waals surface area contributed by atoms with Gasteiger partial charge in [-0.3, -0.25) is 0 Å². The summed E-state index contributed by atoms with van der Waals surface area (Å²) in [5, 5.41) is 0.373. The molecule has 6 heteroatoms. The zero-order valence-corrected chi connectivity index (χ0v) is 14.2. The molecule has 0 radical (unpaired) electrons. The maximum atomic E-state index is 12.0. The first-order valence-corrected chi connectivity index (χ1v) is 8.35. The van der Waals surface area contributed by atoms with Crippen LogP contribution in [0.25, 0.3) is 0 Å². The normalized spacial score (nSPS) is 12.4. The molecule has 0 spiro atoms. The average Bonchev–Trinajstić information content (AvgIpc) is 2.98. The van der Waals surface area contributed by atoms with Crippen LogP contribution in [0.5, 0.6) is 0 Å². The van der Waals surface area contributed by atoms with Crippen LogP contribution in [-0.2, 0) is 11.3 Å². The third-order valence-electron chi connectivity index (χ3n) is 2.95. The fourth-order valence-corrected chi connectivity index (χ4v) is 2.89. The minimum Gasteiger partial charge on any atom is -0.457 e. The molecule has 1 aromatic carbocycles. The van der Waals surface area contributed by atoms with E-state index < -0.39 is 0 Å². The number of carbonyl (C=O) groups excluding carboxylic acids is 1. The Morgan fingerprint density at radius 3 is 2.68 bits per heavy atom. The van der Waals surface area contributed by atoms with Crippen LogP contribution in [0.2, 0.25) is 5.02 Å². The van der Waals surface area contributed by atoms with E-state index in [1.165, 1.54) is 11.8 Å². The molecule has 0 aliphatic heterocycles. The van der Waals surface area contributed by atoms with Crippen molar-refractivity contribution >= 4 is 28.7 Å². The van der Waals surface area contributed by atoms with E-state index >= 15 is 0 Å². The topological polar surface area (TPSA) is 44.1 Å². The number of halogens is 1. The van der Waals surface area contributed by atoms with E-state index in [0.29, 0.717) is 24.1 Å². The minimum absolute atomic E-state index is 0.0499. The molecule has 1 heterocycles. The Labute approximate surface area is 139 Å². The summed E-state index contributed by atoms with van der Waals surface area (Å²) in [5.74, 6) is 0.326. The van der Waals surface area contributed by atoms with Crippen LogP contribution >= 0.6 is 23.4 Å². The molecule has 1 aromatic heterocycles. The van der Waals surface area contributed by atoms with Crippen molar-refractivity contribution in [1.29, 1.82) is 0 Å². The SMILES string of the molecule is CC(C)COC(=O)SC(Cn1ccnc1)c1ccc(Cl)cc1. The van der Waals surface area contributed by atoms with Gasteiger partial charge in [0.05, 0.1) is 18.2 Å². The Balaban J connectivity index is 2.07. The number of nitrogens with zero attached hydrogens (tertiary/aromatic N) is 2. The predicted octanol–water partition coefficient (Wildman–Crippen LogP) is 4.80. The molecule has 0 saturated carbocycles. The highest BCUT2D eigenvalue weighted by Crippen LogP contribution is 2.32. The molecule has 0 amide bonds. The summed E-state index contributed by atoms with van der Waals surface area (Å²) in [5.41, 5.74) is 1.03. The van der Waals surface area contributed by atoms with Crippen molar-refractivity contribution in [3.63, 3.8) is 0 Å². The lowest BCUT2D eigenvalue weighted by Gasteiger charge is -2.17. The lowest BCUT2D eigenvalue weighted by molar-refractivity contribution is 0.160. The summed E-state index contributed by atoms with van der Waals surface area (Å²) in [4.78, 5) is 16.1. The van der Waals surface area contributed by atoms with E-state index in [9.17, 15) is 4.79 Å². The number of hydrogen-bond acceptors (Lipinski definition) is 4. The number of benzene rings is 1. The molecule has 0 aliphatic carbocycles. The largest absolute Gasteiger partial charge is 0.457 e. The molecule has 4 nitrogen and oxygen atoms in total. The zero-order valence-electron chi connectivity index (χ0n) is 12.6. The molecule has 0 bridgehead atoms. The quantitative estimate of drug-likeness (QED) is 0.709. The van der Waals surface area contributed by atoms with Gasteiger partial charge in [-0.2, -0.15) is 0 Å². The summed E-state index contributed by atoms with van der Waals surface area (Å²) < 4.78 is 7.22. The van der Waals surface area contributed by atoms with E-state index in [-0.39, 0.29) is 10.6 Å². The Bertz CT molecular complexity index is 585. The first-order chi connectivity index (χ1) is 10.5. The second-order valence-corrected chi connectivity index (χ2v) is 6.95. The predicted molar refractivity (Wildman–Crippen MR) is 90.2 cm³/mol. The number of aromatic nitrogens is 2. The van der Waals surface area contributed by atoms with Crippen molar-refractivity contribution in [2.75, 3.05) is 6.61 Å². The van der Waals surface area contributed by atoms with Gasteiger partial charge in [0.15, 0.2) is 0 Å². The van der Waals surface area contributed by atoms with E-state index in [1.807, 2.05) is 48.9 Å². The van der Waals surface area contributed by atoms with Crippen molar-refractivity contribution in [2.24, 2.45) is 5.92 Å². The number of carbonyl (C=O) groups is 1. The van der Waals surface area contributed by atoms with Crippen LogP contribution < -0.4 is 0 Å². The molecule has 1 unspecified atom stereocenters. The Kier molecular flexibility index (Phi) is 6.34. The second-order valence-electron chi connectivity index (χ2n) is 5.37. The van der Waals surface area contributed by atoms with Crippen LogP contribution in [0.1, 0.15) is 24.7 Å². The van der Waals surface area contributed by atoms with Gasteiger partial charge in [-0.1, -0.05) is 37.6 Å². The third kappa shape index (κ3) is 5.39. The van der Waals surface area contributed by atoms with Crippen molar-refractivity contribution in [3.05, 3.63) is 53.6 Å². The number of thioether (sulfide) groups is 1. The average molecular weight is 339 g/mol. The molecule has 2 rings (SSSR count). The Hall–Kier alpha value is -1.46. The van der Waals surface area contributed by atoms with Gasteiger partial charge in [-0.25, -0.2) is 9.78 Å². The molecule has 0 N–H and O–H groups in total. The first-order valence-electron chi connectivity index (χ1n) is 7.09. The molecule has 0 aliphatic rings. The van der Waals surface area contributed by atoms with Gasteiger partial charge in [-0.05, 0) is 35.4 Å². The van der Waals surface area contributed by atoms with Crippen LogP contribution in [0.3, 0.4) is 0 Å². The van der Waals surface area contributed by atoms with Crippen LogP contribution in [-0.4, -0.2) is 21.5 Å². The molecule has 0 fully saturated rings. The number of rotatable bonds is 6. The van der Waals surface area contributed by atoms with E-state index in [4.69, 9.17) is 16.3 Å². The highest BCUT2D eigenvalue weighted by molar-refractivity contribution is 8.13. The van der Waals surface area contributed by atoms with Gasteiger partial charge in [0.1, 0.15) is 0 Å². The first kappa shape index (κ1) is 16.9. The second kappa shape index (κ2) is 8.25. The van der Waals surface area contributed by atoms with Crippen molar-refractivity contribution in [1.82, 2.24) is 9.55 Å². The van der Waals surface area contributed by atoms with Gasteiger partial charge in [0.25, 0.3) is 0 Å². The van der Waals surface area contributed by atoms with E-state index in [1.54, 1.807) is 12.5 Å². The van der Waals surface area contributed by atoms with Crippen LogP contribution in [0, 0.1) is 5.92 Å². The van der Waals surface area contributed by atoms with Gasteiger partial charge >= 0.3 is 5.30 Å². The lowest BCUT2D eigenvalue weighted by Crippen LogP contribution is -2.11. The maximum absolute atomic E-state index is 12.0. The molecule has 118 valence electrons. The molecule has 1 atom stereocenters. The molecular formula is C16H19ClN2O2S. The summed E-state index contributed by atoms with van der Waals surface area (Å²) in [6.45, 7) is 5.10. The highest BCUT2D eigenvalue weighted by atomic mass is 35.5. The van der Waals surface area contributed by atoms with E-state index in [2.05, 4.69) is 4.98 Å². The molecule has 2 aromatic rings. The molecule has 22 heavy (non-hydrogen) atoms. The number of ether oxygens (including phenoxy) is 1. The summed E-state index contributed by atoms with van der Waals surface area (Å²) in [6, 6.07) is 7.54. The van der Waals surface area contributed by atoms with Gasteiger partial charge in [0.2, 0.25) is 0 Å². The standard InChI is InChI=1S/C16H19ClN2O2S/c1-12(2)10-21-16(20)22-15(9-19-8-7-18-11-19)13-3-5-14(17)6-4-13/h3-8,11-12,15H,9-10H2,1-2H3. The van der Waals surface area contributed by atoms with Crippen molar-refractivity contribution in [3.8, 4) is 0 Å². The smallest absolute Gasteiger partial charge is 0.367 e. The minimum atomic E-state index is -0.256. The van der Waals surface area contributed by atoms with Gasteiger partial charge in [-0.15, -0.1) is 0 Å². The Morgan fingerprint density at radius 2 is 2.09 bits per heavy atom. The third-order valence-corrected chi connectivity index (χ3v) is 4.22. The van der Waals surface area contributed by atoms with Crippen molar-refractivity contribution in [2.45, 2.75) is 25.6 Å². The van der Waals surface area contributed by atoms with Crippen molar-refractivity contribution < 1.29 is 9.53 Å². The van der Waals surface area contributed by atoms with Gasteiger partial charge < -0.3 is 9.30 Å². The summed E-state index contributed by atoms with van der Waals surface area (Å²) in [7, 11) is 0. The maximum Gasteiger partial charge on any atom is 0.367 e. The summed E-state index contributed by atoms with van der Waals surface area (Å²) in [6.07, 6.45) is 5.34. The number of hydrogen-bond donors (Lipinski definition) is 0. The van der Waals surface area contributed by atoms with Crippen LogP contribution in [0.15, 0.2) is 43.0 Å². The molecule has 0 saturated heterocycles. The van der Waals surface area contributed by atoms with E-state index in [0.717, 1.165) is 5.56 Å². The lowest BCUT2D eigenvalue weighted by atomic mass is 10.1. The summed E-state index contributed by atoms with van der Waals surface area (Å²) >= 11 is 7.13. The highest BCUT2D eigenvalue weighted by Gasteiger charge is 2.19. The van der Waals surface area contributed by atoms with Gasteiger partial charge in [0, 0.05) is 24.0 Å². The fourth-order valence-electron chi connectivity index (χ4n) is 1.86. The number of imidazole rings is 1. The molecular weight excluding hydrogens is 320 g/mol.